The van der Waals surface area contributed by atoms with Crippen LogP contribution in [0.4, 0.5) is 13.2 Å². The normalized spacial score (nSPS) is 11.8. The Bertz CT molecular complexity index is 532. The summed E-state index contributed by atoms with van der Waals surface area (Å²) in [5.41, 5.74) is 0. The fourth-order valence-corrected chi connectivity index (χ4v) is 1.08. The zero-order valence-electron chi connectivity index (χ0n) is 9.55. The van der Waals surface area contributed by atoms with Gasteiger partial charge in [0.25, 0.3) is 0 Å². The summed E-state index contributed by atoms with van der Waals surface area (Å²) in [5.74, 6) is -4.75. The summed E-state index contributed by atoms with van der Waals surface area (Å²) in [6.07, 6.45) is -4.54. The molecule has 0 aliphatic heterocycles. The third-order valence-electron chi connectivity index (χ3n) is 1.75. The number of carboxylic acids is 2. The molecule has 1 aromatic rings. The van der Waals surface area contributed by atoms with Gasteiger partial charge in [-0.3, -0.25) is 0 Å². The minimum absolute atomic E-state index is 0.158. The molecule has 2 N–H and O–H groups in total. The largest absolute Gasteiger partial charge is 0.573 e. The van der Waals surface area contributed by atoms with E-state index in [2.05, 4.69) is 4.74 Å². The average molecular weight is 292 g/mol. The highest BCUT2D eigenvalue weighted by Gasteiger charge is 2.31. The van der Waals surface area contributed by atoms with Crippen molar-refractivity contribution < 1.29 is 42.4 Å². The number of rotatable bonds is 5. The van der Waals surface area contributed by atoms with E-state index in [1.54, 1.807) is 0 Å². The number of carbonyl (C=O) groups is 2. The van der Waals surface area contributed by atoms with Crippen molar-refractivity contribution in [3.63, 3.8) is 0 Å². The summed E-state index contributed by atoms with van der Waals surface area (Å²) < 4.78 is 44.0. The quantitative estimate of drug-likeness (QED) is 0.637. The molecule has 1 aromatic carbocycles. The summed E-state index contributed by atoms with van der Waals surface area (Å²) in [7, 11) is 0. The van der Waals surface area contributed by atoms with Crippen LogP contribution in [0.3, 0.4) is 0 Å². The van der Waals surface area contributed by atoms with Gasteiger partial charge in [0.15, 0.2) is 0 Å². The molecule has 0 radical (unpaired) electrons. The van der Waals surface area contributed by atoms with Crippen molar-refractivity contribution in [1.82, 2.24) is 0 Å². The summed E-state index contributed by atoms with van der Waals surface area (Å²) in [4.78, 5) is 21.0. The maximum Gasteiger partial charge on any atom is 0.573 e. The van der Waals surface area contributed by atoms with Crippen LogP contribution in [0.5, 0.6) is 11.5 Å². The first-order valence-corrected chi connectivity index (χ1v) is 4.89. The molecular formula is C11H7F3O6. The molecule has 0 bridgehead atoms. The second-order valence-corrected chi connectivity index (χ2v) is 3.27. The summed E-state index contributed by atoms with van der Waals surface area (Å²) in [5, 5.41) is 17.1. The Morgan fingerprint density at radius 3 is 1.95 bits per heavy atom. The Balaban J connectivity index is 2.83. The molecule has 0 aromatic heterocycles. The van der Waals surface area contributed by atoms with Crippen LogP contribution in [0.25, 0.3) is 0 Å². The van der Waals surface area contributed by atoms with Crippen LogP contribution in [0, 0.1) is 0 Å². The second kappa shape index (κ2) is 5.95. The predicted octanol–water partition coefficient (Wildman–Crippen LogP) is 2.02. The standard InChI is InChI=1S/C11H7F3O6/c12-11(13,14)20-7-3-1-6(2-4-7)19-8(10(17)18)5-9(15)16/h1-5H,(H,15,16)(H,17,18)/b8-5+. The van der Waals surface area contributed by atoms with Gasteiger partial charge < -0.3 is 19.7 Å². The zero-order valence-corrected chi connectivity index (χ0v) is 9.55. The Kier molecular flexibility index (Phi) is 4.57. The first kappa shape index (κ1) is 15.3. The highest BCUT2D eigenvalue weighted by atomic mass is 19.4. The van der Waals surface area contributed by atoms with E-state index in [4.69, 9.17) is 14.9 Å². The van der Waals surface area contributed by atoms with E-state index < -0.39 is 29.8 Å². The van der Waals surface area contributed by atoms with Gasteiger partial charge >= 0.3 is 18.3 Å². The van der Waals surface area contributed by atoms with Crippen LogP contribution >= 0.6 is 0 Å². The Labute approximate surface area is 109 Å². The van der Waals surface area contributed by atoms with Crippen molar-refractivity contribution in [2.75, 3.05) is 0 Å². The summed E-state index contributed by atoms with van der Waals surface area (Å²) >= 11 is 0. The SMILES string of the molecule is O=C(O)/C=C(/Oc1ccc(OC(F)(F)F)cc1)C(=O)O. The van der Waals surface area contributed by atoms with Crippen molar-refractivity contribution in [3.8, 4) is 11.5 Å². The fraction of sp³-hybridized carbons (Fsp3) is 0.0909. The Morgan fingerprint density at radius 1 is 1.05 bits per heavy atom. The van der Waals surface area contributed by atoms with Gasteiger partial charge in [-0.15, -0.1) is 13.2 Å². The highest BCUT2D eigenvalue weighted by molar-refractivity contribution is 5.93. The highest BCUT2D eigenvalue weighted by Crippen LogP contribution is 2.25. The zero-order chi connectivity index (χ0) is 15.3. The molecule has 9 heteroatoms. The van der Waals surface area contributed by atoms with E-state index in [9.17, 15) is 22.8 Å². The molecule has 0 heterocycles. The molecule has 0 saturated heterocycles. The molecule has 0 atom stereocenters. The first-order chi connectivity index (χ1) is 9.17. The lowest BCUT2D eigenvalue weighted by atomic mass is 10.3. The number of hydrogen-bond acceptors (Lipinski definition) is 4. The van der Waals surface area contributed by atoms with Gasteiger partial charge in [-0.25, -0.2) is 9.59 Å². The number of alkyl halides is 3. The Morgan fingerprint density at radius 2 is 1.55 bits per heavy atom. The van der Waals surface area contributed by atoms with Gasteiger partial charge in [-0.2, -0.15) is 0 Å². The number of halogens is 3. The van der Waals surface area contributed by atoms with Gasteiger partial charge in [-0.1, -0.05) is 0 Å². The van der Waals surface area contributed by atoms with Gasteiger partial charge in [0.1, 0.15) is 11.5 Å². The molecule has 0 amide bonds. The lowest BCUT2D eigenvalue weighted by Gasteiger charge is -2.10. The first-order valence-electron chi connectivity index (χ1n) is 4.89. The van der Waals surface area contributed by atoms with Crippen LogP contribution in [0.15, 0.2) is 36.1 Å². The third kappa shape index (κ3) is 5.29. The number of hydrogen-bond donors (Lipinski definition) is 2. The van der Waals surface area contributed by atoms with Gasteiger partial charge in [-0.05, 0) is 24.3 Å². The molecule has 0 unspecified atom stereocenters. The van der Waals surface area contributed by atoms with Gasteiger partial charge in [0.05, 0.1) is 6.08 Å². The summed E-state index contributed by atoms with van der Waals surface area (Å²) in [6, 6.07) is 3.78. The lowest BCUT2D eigenvalue weighted by molar-refractivity contribution is -0.274. The molecule has 20 heavy (non-hydrogen) atoms. The van der Waals surface area contributed by atoms with Crippen molar-refractivity contribution in [1.29, 1.82) is 0 Å². The molecule has 1 rings (SSSR count). The van der Waals surface area contributed by atoms with Crippen LogP contribution in [0.2, 0.25) is 0 Å². The fourth-order valence-electron chi connectivity index (χ4n) is 1.08. The van der Waals surface area contributed by atoms with Crippen molar-refractivity contribution in [2.45, 2.75) is 6.36 Å². The van der Waals surface area contributed by atoms with Crippen LogP contribution in [0.1, 0.15) is 0 Å². The van der Waals surface area contributed by atoms with Crippen LogP contribution < -0.4 is 9.47 Å². The minimum Gasteiger partial charge on any atom is -0.478 e. The minimum atomic E-state index is -4.85. The maximum atomic E-state index is 11.9. The van der Waals surface area contributed by atoms with Gasteiger partial charge in [0.2, 0.25) is 5.76 Å². The second-order valence-electron chi connectivity index (χ2n) is 3.27. The molecule has 0 saturated carbocycles. The van der Waals surface area contributed by atoms with Crippen molar-refractivity contribution >= 4 is 11.9 Å². The number of aliphatic carboxylic acids is 2. The predicted molar refractivity (Wildman–Crippen MR) is 57.1 cm³/mol. The van der Waals surface area contributed by atoms with E-state index in [-0.39, 0.29) is 5.75 Å². The van der Waals surface area contributed by atoms with E-state index in [1.807, 2.05) is 0 Å². The summed E-state index contributed by atoms with van der Waals surface area (Å²) in [6.45, 7) is 0. The Hall–Kier alpha value is -2.71. The molecule has 0 fully saturated rings. The van der Waals surface area contributed by atoms with E-state index in [0.717, 1.165) is 24.3 Å². The van der Waals surface area contributed by atoms with Crippen molar-refractivity contribution in [3.05, 3.63) is 36.1 Å². The maximum absolute atomic E-state index is 11.9. The molecule has 6 nitrogen and oxygen atoms in total. The van der Waals surface area contributed by atoms with Crippen LogP contribution in [-0.2, 0) is 9.59 Å². The molecular weight excluding hydrogens is 285 g/mol. The lowest BCUT2D eigenvalue weighted by Crippen LogP contribution is -2.17. The molecule has 0 aliphatic rings. The third-order valence-corrected chi connectivity index (χ3v) is 1.75. The van der Waals surface area contributed by atoms with Crippen molar-refractivity contribution in [2.24, 2.45) is 0 Å². The number of carboxylic acid groups (broad SMARTS) is 2. The van der Waals surface area contributed by atoms with E-state index in [0.29, 0.717) is 6.08 Å². The topological polar surface area (TPSA) is 93.1 Å². The van der Waals surface area contributed by atoms with Crippen LogP contribution in [-0.4, -0.2) is 28.5 Å². The monoisotopic (exact) mass is 292 g/mol. The molecule has 0 aliphatic carbocycles. The molecule has 108 valence electrons. The number of benzene rings is 1. The average Bonchev–Trinajstić information content (AvgIpc) is 2.28. The van der Waals surface area contributed by atoms with Gasteiger partial charge in [0, 0.05) is 0 Å². The van der Waals surface area contributed by atoms with E-state index >= 15 is 0 Å². The number of ether oxygens (including phenoxy) is 2. The molecule has 0 spiro atoms. The smallest absolute Gasteiger partial charge is 0.478 e. The van der Waals surface area contributed by atoms with E-state index in [1.165, 1.54) is 0 Å².